The third-order valence-electron chi connectivity index (χ3n) is 8.76. The van der Waals surface area contributed by atoms with Crippen LogP contribution in [-0.2, 0) is 11.3 Å². The van der Waals surface area contributed by atoms with Gasteiger partial charge in [0.1, 0.15) is 5.75 Å². The number of aromatic nitrogens is 1. The molecule has 192 valence electrons. The van der Waals surface area contributed by atoms with Gasteiger partial charge < -0.3 is 19.8 Å². The van der Waals surface area contributed by atoms with E-state index in [9.17, 15) is 10.1 Å². The molecule has 1 aliphatic carbocycles. The maximum Gasteiger partial charge on any atom is 0.251 e. The Hall–Kier alpha value is -3.34. The van der Waals surface area contributed by atoms with Gasteiger partial charge in [-0.05, 0) is 80.0 Å². The number of likely N-dealkylation sites (tertiary alicyclic amines) is 1. The Morgan fingerprint density at radius 3 is 2.70 bits per heavy atom. The Labute approximate surface area is 217 Å². The largest absolute Gasteiger partial charge is 0.496 e. The lowest BCUT2D eigenvalue weighted by Gasteiger charge is -2.53. The number of nitriles is 1. The van der Waals surface area contributed by atoms with Crippen LogP contribution in [0.15, 0.2) is 42.6 Å². The summed E-state index contributed by atoms with van der Waals surface area (Å²) in [4.78, 5) is 18.6. The van der Waals surface area contributed by atoms with E-state index in [4.69, 9.17) is 9.47 Å². The standard InChI is InChI=1S/C30H34N4O3/c1-19-11-27(36-2)25(24-7-9-32-28(19)24)16-34-10-8-30(12-20(13-30)15-31)14-26(34)21-3-5-22(6-4-21)29(35)33-23-17-37-18-23/h3-7,9,11,20,23,26,32H,8,10,12-14,16-18H2,1-2H3,(H,33,35)/t20?,26-,30?/m0/s1. The molecule has 2 N–H and O–H groups in total. The summed E-state index contributed by atoms with van der Waals surface area (Å²) in [5, 5.41) is 13.7. The molecule has 6 rings (SSSR count). The summed E-state index contributed by atoms with van der Waals surface area (Å²) >= 11 is 0. The number of aromatic amines is 1. The van der Waals surface area contributed by atoms with Crippen molar-refractivity contribution in [1.82, 2.24) is 15.2 Å². The molecule has 1 spiro atoms. The number of nitrogens with zero attached hydrogens (tertiary/aromatic N) is 2. The van der Waals surface area contributed by atoms with E-state index < -0.39 is 0 Å². The molecular weight excluding hydrogens is 464 g/mol. The lowest BCUT2D eigenvalue weighted by atomic mass is 9.56. The molecule has 7 heteroatoms. The lowest BCUT2D eigenvalue weighted by molar-refractivity contribution is -0.0298. The second-order valence-corrected chi connectivity index (χ2v) is 11.1. The first-order chi connectivity index (χ1) is 18.0. The fourth-order valence-electron chi connectivity index (χ4n) is 6.57. The van der Waals surface area contributed by atoms with Gasteiger partial charge in [0, 0.05) is 46.7 Å². The highest BCUT2D eigenvalue weighted by Crippen LogP contribution is 2.56. The summed E-state index contributed by atoms with van der Waals surface area (Å²) in [7, 11) is 1.75. The van der Waals surface area contributed by atoms with Crippen LogP contribution in [0, 0.1) is 29.6 Å². The number of carbonyl (C=O) groups is 1. The van der Waals surface area contributed by atoms with Crippen LogP contribution in [0.1, 0.15) is 58.8 Å². The average Bonchev–Trinajstić information content (AvgIpc) is 3.37. The third-order valence-corrected chi connectivity index (χ3v) is 8.76. The molecule has 1 saturated carbocycles. The number of aryl methyl sites for hydroxylation is 1. The number of benzene rings is 2. The summed E-state index contributed by atoms with van der Waals surface area (Å²) in [6.07, 6.45) is 6.12. The van der Waals surface area contributed by atoms with Gasteiger partial charge in [-0.2, -0.15) is 5.26 Å². The molecule has 7 nitrogen and oxygen atoms in total. The monoisotopic (exact) mass is 498 g/mol. The zero-order valence-electron chi connectivity index (χ0n) is 21.5. The minimum Gasteiger partial charge on any atom is -0.496 e. The van der Waals surface area contributed by atoms with E-state index in [1.54, 1.807) is 7.11 Å². The highest BCUT2D eigenvalue weighted by atomic mass is 16.5. The Morgan fingerprint density at radius 2 is 2.03 bits per heavy atom. The van der Waals surface area contributed by atoms with Crippen LogP contribution >= 0.6 is 0 Å². The first-order valence-electron chi connectivity index (χ1n) is 13.2. The Bertz CT molecular complexity index is 1350. The number of hydrogen-bond acceptors (Lipinski definition) is 5. The minimum absolute atomic E-state index is 0.0492. The fourth-order valence-corrected chi connectivity index (χ4v) is 6.57. The molecule has 1 atom stereocenters. The van der Waals surface area contributed by atoms with Crippen LogP contribution in [0.3, 0.4) is 0 Å². The summed E-state index contributed by atoms with van der Waals surface area (Å²) in [5.74, 6) is 1.06. The zero-order valence-corrected chi connectivity index (χ0v) is 21.5. The molecule has 2 aromatic carbocycles. The highest BCUT2D eigenvalue weighted by molar-refractivity contribution is 5.94. The van der Waals surface area contributed by atoms with E-state index in [1.165, 1.54) is 22.1 Å². The van der Waals surface area contributed by atoms with Crippen molar-refractivity contribution in [3.63, 3.8) is 0 Å². The van der Waals surface area contributed by atoms with E-state index in [0.29, 0.717) is 18.8 Å². The normalized spacial score (nSPS) is 25.9. The Morgan fingerprint density at radius 1 is 1.24 bits per heavy atom. The molecular formula is C30H34N4O3. The van der Waals surface area contributed by atoms with Crippen molar-refractivity contribution in [2.45, 2.75) is 51.2 Å². The third kappa shape index (κ3) is 4.39. The molecule has 3 aromatic rings. The number of methoxy groups -OCH3 is 1. The summed E-state index contributed by atoms with van der Waals surface area (Å²) in [6.45, 7) is 5.03. The van der Waals surface area contributed by atoms with Crippen LogP contribution in [-0.4, -0.2) is 48.7 Å². The van der Waals surface area contributed by atoms with E-state index in [1.807, 2.05) is 18.3 Å². The number of ether oxygens (including phenoxy) is 2. The van der Waals surface area contributed by atoms with Gasteiger partial charge in [0.2, 0.25) is 0 Å². The van der Waals surface area contributed by atoms with Gasteiger partial charge in [0.25, 0.3) is 5.91 Å². The van der Waals surface area contributed by atoms with E-state index in [0.717, 1.165) is 50.0 Å². The van der Waals surface area contributed by atoms with Gasteiger partial charge >= 0.3 is 0 Å². The predicted octanol–water partition coefficient (Wildman–Crippen LogP) is 4.87. The molecule has 1 amide bonds. The highest BCUT2D eigenvalue weighted by Gasteiger charge is 2.49. The van der Waals surface area contributed by atoms with Crippen molar-refractivity contribution in [2.75, 3.05) is 26.9 Å². The van der Waals surface area contributed by atoms with Crippen molar-refractivity contribution in [2.24, 2.45) is 11.3 Å². The van der Waals surface area contributed by atoms with Gasteiger partial charge in [-0.25, -0.2) is 0 Å². The number of H-pyrrole nitrogens is 1. The first kappa shape index (κ1) is 24.0. The number of rotatable bonds is 6. The molecule has 2 saturated heterocycles. The second-order valence-electron chi connectivity index (χ2n) is 11.1. The molecule has 2 aliphatic heterocycles. The number of amides is 1. The molecule has 37 heavy (non-hydrogen) atoms. The zero-order chi connectivity index (χ0) is 25.6. The second kappa shape index (κ2) is 9.51. The number of piperidine rings is 1. The first-order valence-corrected chi connectivity index (χ1v) is 13.2. The SMILES string of the molecule is COc1cc(C)c2[nH]ccc2c1CN1CCC2(CC(C#N)C2)C[C@H]1c1ccc(C(=O)NC2COC2)cc1. The number of hydrogen-bond donors (Lipinski definition) is 2. The van der Waals surface area contributed by atoms with Gasteiger partial charge in [0.05, 0.1) is 32.4 Å². The smallest absolute Gasteiger partial charge is 0.251 e. The van der Waals surface area contributed by atoms with Crippen LogP contribution in [0.2, 0.25) is 0 Å². The van der Waals surface area contributed by atoms with Crippen LogP contribution in [0.25, 0.3) is 10.9 Å². The molecule has 0 unspecified atom stereocenters. The van der Waals surface area contributed by atoms with Gasteiger partial charge in [-0.3, -0.25) is 9.69 Å². The Balaban J connectivity index is 1.29. The van der Waals surface area contributed by atoms with Crippen molar-refractivity contribution in [3.05, 3.63) is 64.8 Å². The van der Waals surface area contributed by atoms with Crippen LogP contribution in [0.5, 0.6) is 5.75 Å². The maximum absolute atomic E-state index is 12.6. The number of carbonyl (C=O) groups excluding carboxylic acids is 1. The summed E-state index contributed by atoms with van der Waals surface area (Å²) in [5.41, 5.74) is 5.67. The van der Waals surface area contributed by atoms with E-state index >= 15 is 0 Å². The lowest BCUT2D eigenvalue weighted by Crippen LogP contribution is -2.48. The van der Waals surface area contributed by atoms with Crippen LogP contribution < -0.4 is 10.1 Å². The Kier molecular flexibility index (Phi) is 6.18. The van der Waals surface area contributed by atoms with Gasteiger partial charge in [0.15, 0.2) is 0 Å². The summed E-state index contributed by atoms with van der Waals surface area (Å²) in [6, 6.07) is 15.2. The van der Waals surface area contributed by atoms with Crippen molar-refractivity contribution in [3.8, 4) is 11.8 Å². The average molecular weight is 499 g/mol. The molecule has 3 heterocycles. The molecule has 0 radical (unpaired) electrons. The summed E-state index contributed by atoms with van der Waals surface area (Å²) < 4.78 is 11.0. The number of fused-ring (bicyclic) bond motifs is 1. The molecule has 3 fully saturated rings. The minimum atomic E-state index is -0.0492. The maximum atomic E-state index is 12.6. The van der Waals surface area contributed by atoms with Crippen LogP contribution in [0.4, 0.5) is 0 Å². The molecule has 0 bridgehead atoms. The van der Waals surface area contributed by atoms with Crippen molar-refractivity contribution >= 4 is 16.8 Å². The van der Waals surface area contributed by atoms with Crippen molar-refractivity contribution in [1.29, 1.82) is 5.26 Å². The van der Waals surface area contributed by atoms with E-state index in [-0.39, 0.29) is 29.3 Å². The molecule has 3 aliphatic rings. The predicted molar refractivity (Wildman–Crippen MR) is 141 cm³/mol. The van der Waals surface area contributed by atoms with Crippen molar-refractivity contribution < 1.29 is 14.3 Å². The topological polar surface area (TPSA) is 90.4 Å². The fraction of sp³-hybridized carbons (Fsp3) is 0.467. The molecule has 1 aromatic heterocycles. The van der Waals surface area contributed by atoms with Gasteiger partial charge in [-0.15, -0.1) is 0 Å². The quantitative estimate of drug-likeness (QED) is 0.506. The van der Waals surface area contributed by atoms with E-state index in [2.05, 4.69) is 52.5 Å². The number of nitrogens with one attached hydrogen (secondary N) is 2. The van der Waals surface area contributed by atoms with Gasteiger partial charge in [-0.1, -0.05) is 12.1 Å².